The molecule has 1 aliphatic heterocycles. The number of ether oxygens (including phenoxy) is 4. The van der Waals surface area contributed by atoms with E-state index in [2.05, 4.69) is 0 Å². The molecule has 1 saturated heterocycles. The van der Waals surface area contributed by atoms with Crippen LogP contribution in [0.1, 0.15) is 66.2 Å². The SMILES string of the molecule is CCO[Si](CCCOCCCCCCOc1c(F)c(F)c(-c2c(F)c(F)c(OCC3(CC)COC3)c(F)c2F)c(F)c1F)(OCC)OCC. The van der Waals surface area contributed by atoms with E-state index in [4.69, 9.17) is 32.2 Å². The van der Waals surface area contributed by atoms with Crippen LogP contribution in [-0.2, 0) is 22.8 Å². The lowest BCUT2D eigenvalue weighted by molar-refractivity contribution is -0.134. The van der Waals surface area contributed by atoms with Crippen molar-refractivity contribution >= 4 is 8.80 Å². The Labute approximate surface area is 282 Å². The smallest absolute Gasteiger partial charge is 0.487 e. The summed E-state index contributed by atoms with van der Waals surface area (Å²) >= 11 is 0. The van der Waals surface area contributed by atoms with Crippen LogP contribution in [0.15, 0.2) is 0 Å². The zero-order chi connectivity index (χ0) is 36.2. The average Bonchev–Trinajstić information content (AvgIpc) is 3.06. The first kappa shape index (κ1) is 40.9. The standard InChI is InChI=1S/C33H44F8O7Si/c1-5-33(18-43-19-33)20-45-32-29(40)25(36)22(26(37)30(32)41)21-23(34)27(38)31(28(39)24(21)35)44-16-12-10-9-11-14-42-15-13-17-49(46-6-2,47-7-3)48-8-4/h5-20H2,1-4H3. The molecule has 0 aromatic heterocycles. The van der Waals surface area contributed by atoms with Gasteiger partial charge >= 0.3 is 8.80 Å². The maximum absolute atomic E-state index is 15.0. The summed E-state index contributed by atoms with van der Waals surface area (Å²) in [6.07, 6.45) is 3.20. The number of unbranched alkanes of at least 4 members (excludes halogenated alkanes) is 3. The Hall–Kier alpha value is -2.50. The van der Waals surface area contributed by atoms with E-state index in [9.17, 15) is 35.1 Å². The molecule has 1 heterocycles. The third-order valence-corrected chi connectivity index (χ3v) is 11.2. The van der Waals surface area contributed by atoms with E-state index in [0.717, 1.165) is 0 Å². The average molecular weight is 733 g/mol. The third-order valence-electron chi connectivity index (χ3n) is 8.08. The van der Waals surface area contributed by atoms with Crippen molar-refractivity contribution in [2.75, 3.05) is 59.5 Å². The zero-order valence-electron chi connectivity index (χ0n) is 28.2. The zero-order valence-corrected chi connectivity index (χ0v) is 29.2. The summed E-state index contributed by atoms with van der Waals surface area (Å²) < 4.78 is 157. The van der Waals surface area contributed by atoms with E-state index in [-0.39, 0.29) is 32.8 Å². The van der Waals surface area contributed by atoms with Gasteiger partial charge in [-0.25, -0.2) is 17.6 Å². The topological polar surface area (TPSA) is 64.6 Å². The Morgan fingerprint density at radius 1 is 0.551 bits per heavy atom. The first-order valence-electron chi connectivity index (χ1n) is 16.5. The second-order valence-corrected chi connectivity index (χ2v) is 14.2. The molecule has 0 radical (unpaired) electrons. The van der Waals surface area contributed by atoms with Crippen molar-refractivity contribution in [1.29, 1.82) is 0 Å². The summed E-state index contributed by atoms with van der Waals surface area (Å²) in [5.74, 6) is -20.6. The molecule has 1 fully saturated rings. The molecule has 0 amide bonds. The number of benzene rings is 2. The van der Waals surface area contributed by atoms with Gasteiger partial charge in [-0.05, 0) is 52.9 Å². The predicted octanol–water partition coefficient (Wildman–Crippen LogP) is 8.67. The molecule has 0 N–H and O–H groups in total. The molecule has 2 aromatic carbocycles. The normalized spacial score (nSPS) is 14.3. The second kappa shape index (κ2) is 19.2. The van der Waals surface area contributed by atoms with Crippen LogP contribution < -0.4 is 9.47 Å². The maximum Gasteiger partial charge on any atom is 0.501 e. The molecule has 0 atom stereocenters. The van der Waals surface area contributed by atoms with E-state index in [1.54, 1.807) is 6.92 Å². The monoisotopic (exact) mass is 732 g/mol. The van der Waals surface area contributed by atoms with Gasteiger partial charge in [-0.2, -0.15) is 17.6 Å². The highest BCUT2D eigenvalue weighted by molar-refractivity contribution is 6.60. The van der Waals surface area contributed by atoms with Crippen LogP contribution in [0.2, 0.25) is 6.04 Å². The predicted molar refractivity (Wildman–Crippen MR) is 165 cm³/mol. The number of rotatable bonds is 23. The van der Waals surface area contributed by atoms with E-state index < -0.39 is 83.4 Å². The van der Waals surface area contributed by atoms with E-state index in [1.807, 2.05) is 20.8 Å². The van der Waals surface area contributed by atoms with Gasteiger partial charge in [0.05, 0.1) is 43.0 Å². The molecule has 3 rings (SSSR count). The summed E-state index contributed by atoms with van der Waals surface area (Å²) in [5.41, 5.74) is -4.59. The van der Waals surface area contributed by atoms with E-state index >= 15 is 0 Å². The Kier molecular flexibility index (Phi) is 16.0. The van der Waals surface area contributed by atoms with Crippen LogP contribution in [0.25, 0.3) is 11.1 Å². The van der Waals surface area contributed by atoms with Crippen molar-refractivity contribution < 1.29 is 67.3 Å². The Bertz CT molecular complexity index is 1300. The van der Waals surface area contributed by atoms with Crippen LogP contribution in [0, 0.1) is 52.0 Å². The summed E-state index contributed by atoms with van der Waals surface area (Å²) in [7, 11) is -2.74. The number of hydrogen-bond acceptors (Lipinski definition) is 7. The summed E-state index contributed by atoms with van der Waals surface area (Å²) in [6.45, 7) is 9.37. The lowest BCUT2D eigenvalue weighted by Gasteiger charge is -2.40. The Morgan fingerprint density at radius 2 is 0.980 bits per heavy atom. The van der Waals surface area contributed by atoms with Crippen molar-refractivity contribution in [3.63, 3.8) is 0 Å². The van der Waals surface area contributed by atoms with Crippen LogP contribution in [0.5, 0.6) is 11.5 Å². The fraction of sp³-hybridized carbons (Fsp3) is 0.636. The molecular weight excluding hydrogens is 688 g/mol. The van der Waals surface area contributed by atoms with Gasteiger partial charge < -0.3 is 32.2 Å². The first-order chi connectivity index (χ1) is 23.4. The summed E-state index contributed by atoms with van der Waals surface area (Å²) in [5, 5.41) is 0. The molecule has 0 spiro atoms. The second-order valence-electron chi connectivity index (χ2n) is 11.5. The van der Waals surface area contributed by atoms with Crippen LogP contribution in [0.4, 0.5) is 35.1 Å². The minimum atomic E-state index is -2.74. The molecule has 278 valence electrons. The van der Waals surface area contributed by atoms with Gasteiger partial charge in [-0.3, -0.25) is 0 Å². The largest absolute Gasteiger partial charge is 0.501 e. The molecule has 1 aliphatic rings. The minimum absolute atomic E-state index is 0.178. The highest BCUT2D eigenvalue weighted by atomic mass is 28.4. The van der Waals surface area contributed by atoms with Gasteiger partial charge in [-0.15, -0.1) is 0 Å². The molecule has 49 heavy (non-hydrogen) atoms. The molecule has 7 nitrogen and oxygen atoms in total. The minimum Gasteiger partial charge on any atom is -0.487 e. The van der Waals surface area contributed by atoms with Crippen LogP contribution >= 0.6 is 0 Å². The number of hydrogen-bond donors (Lipinski definition) is 0. The van der Waals surface area contributed by atoms with Crippen molar-refractivity contribution in [3.8, 4) is 22.6 Å². The van der Waals surface area contributed by atoms with Crippen LogP contribution in [-0.4, -0.2) is 68.3 Å². The van der Waals surface area contributed by atoms with Gasteiger partial charge in [0.25, 0.3) is 0 Å². The Morgan fingerprint density at radius 3 is 1.39 bits per heavy atom. The van der Waals surface area contributed by atoms with Crippen molar-refractivity contribution in [2.24, 2.45) is 5.41 Å². The Balaban J connectivity index is 1.54. The van der Waals surface area contributed by atoms with Gasteiger partial charge in [0.2, 0.25) is 23.3 Å². The maximum atomic E-state index is 15.0. The summed E-state index contributed by atoms with van der Waals surface area (Å²) in [6, 6.07) is 0.615. The van der Waals surface area contributed by atoms with Crippen molar-refractivity contribution in [3.05, 3.63) is 46.5 Å². The quantitative estimate of drug-likeness (QED) is 0.0491. The lowest BCUT2D eigenvalue weighted by atomic mass is 9.84. The molecule has 0 aliphatic carbocycles. The van der Waals surface area contributed by atoms with Gasteiger partial charge in [0.1, 0.15) is 0 Å². The fourth-order valence-corrected chi connectivity index (χ4v) is 7.83. The fourth-order valence-electron chi connectivity index (χ4n) is 5.25. The van der Waals surface area contributed by atoms with Crippen LogP contribution in [0.3, 0.4) is 0 Å². The molecular formula is C33H44F8O7Si. The number of halogens is 8. The molecule has 16 heteroatoms. The third kappa shape index (κ3) is 9.85. The lowest BCUT2D eigenvalue weighted by Crippen LogP contribution is -2.46. The van der Waals surface area contributed by atoms with Gasteiger partial charge in [-0.1, -0.05) is 13.3 Å². The van der Waals surface area contributed by atoms with Gasteiger partial charge in [0.15, 0.2) is 34.8 Å². The highest BCUT2D eigenvalue weighted by Gasteiger charge is 2.41. The molecule has 0 bridgehead atoms. The van der Waals surface area contributed by atoms with E-state index in [0.29, 0.717) is 71.2 Å². The molecule has 0 saturated carbocycles. The first-order valence-corrected chi connectivity index (χ1v) is 18.4. The van der Waals surface area contributed by atoms with Gasteiger partial charge in [0, 0.05) is 39.1 Å². The molecule has 2 aromatic rings. The summed E-state index contributed by atoms with van der Waals surface area (Å²) in [4.78, 5) is 0. The van der Waals surface area contributed by atoms with E-state index in [1.165, 1.54) is 0 Å². The highest BCUT2D eigenvalue weighted by Crippen LogP contribution is 2.42. The van der Waals surface area contributed by atoms with Crippen molar-refractivity contribution in [2.45, 2.75) is 72.3 Å². The molecule has 0 unspecified atom stereocenters. The van der Waals surface area contributed by atoms with Crippen molar-refractivity contribution in [1.82, 2.24) is 0 Å².